The standard InChI is InChI=1S/C24H36N8O2/c25-23(26)30-13-4-3-9-21(33)32-20(8-5-14-31-24(27)28)22(34)29-15-12-17-10-11-18-6-1-2-7-19(18)16-17/h1-2,6-7,10-11,16,20H,3-5,8-9,12-15H2,(H,29,34)(H,32,33)(H4,25,26,30)(H4,27,28,31)/t20-/m0/s1. The second-order valence-corrected chi connectivity index (χ2v) is 8.06. The molecule has 10 N–H and O–H groups in total. The first-order valence-electron chi connectivity index (χ1n) is 11.5. The minimum atomic E-state index is -0.656. The van der Waals surface area contributed by atoms with E-state index in [1.165, 1.54) is 5.39 Å². The summed E-state index contributed by atoms with van der Waals surface area (Å²) in [6.07, 6.45) is 3.26. The number of unbranched alkanes of at least 4 members (excludes halogenated alkanes) is 1. The number of amides is 2. The smallest absolute Gasteiger partial charge is 0.242 e. The molecule has 34 heavy (non-hydrogen) atoms. The lowest BCUT2D eigenvalue weighted by atomic mass is 10.0. The van der Waals surface area contributed by atoms with Gasteiger partial charge in [0.1, 0.15) is 6.04 Å². The Balaban J connectivity index is 1.85. The van der Waals surface area contributed by atoms with E-state index in [0.29, 0.717) is 51.7 Å². The molecule has 1 atom stereocenters. The average molecular weight is 469 g/mol. The molecule has 0 aliphatic carbocycles. The molecule has 0 radical (unpaired) electrons. The van der Waals surface area contributed by atoms with Gasteiger partial charge in [0, 0.05) is 26.1 Å². The van der Waals surface area contributed by atoms with Gasteiger partial charge in [0.05, 0.1) is 0 Å². The van der Waals surface area contributed by atoms with Gasteiger partial charge in [0.15, 0.2) is 11.9 Å². The molecule has 2 amide bonds. The van der Waals surface area contributed by atoms with Crippen molar-refractivity contribution in [3.8, 4) is 0 Å². The minimum absolute atomic E-state index is 0.00111. The molecule has 10 heteroatoms. The van der Waals surface area contributed by atoms with E-state index in [2.05, 4.69) is 51.0 Å². The lowest BCUT2D eigenvalue weighted by Crippen LogP contribution is -2.47. The molecule has 0 saturated carbocycles. The molecule has 10 nitrogen and oxygen atoms in total. The van der Waals surface area contributed by atoms with E-state index in [1.807, 2.05) is 12.1 Å². The number of rotatable bonds is 14. The van der Waals surface area contributed by atoms with Crippen LogP contribution in [0.1, 0.15) is 37.7 Å². The van der Waals surface area contributed by atoms with Crippen LogP contribution in [0.4, 0.5) is 0 Å². The summed E-state index contributed by atoms with van der Waals surface area (Å²) in [6, 6.07) is 13.7. The molecule has 2 aromatic rings. The average Bonchev–Trinajstić information content (AvgIpc) is 2.80. The van der Waals surface area contributed by atoms with Gasteiger partial charge < -0.3 is 33.6 Å². The van der Waals surface area contributed by atoms with Crippen molar-refractivity contribution in [2.24, 2.45) is 32.9 Å². The maximum absolute atomic E-state index is 12.8. The number of hydrogen-bond donors (Lipinski definition) is 6. The minimum Gasteiger partial charge on any atom is -0.370 e. The van der Waals surface area contributed by atoms with E-state index in [9.17, 15) is 9.59 Å². The number of hydrogen-bond acceptors (Lipinski definition) is 4. The third-order valence-corrected chi connectivity index (χ3v) is 5.23. The Morgan fingerprint density at radius 3 is 2.24 bits per heavy atom. The number of nitrogens with zero attached hydrogens (tertiary/aromatic N) is 2. The number of guanidine groups is 2. The summed E-state index contributed by atoms with van der Waals surface area (Å²) in [4.78, 5) is 33.0. The van der Waals surface area contributed by atoms with Crippen molar-refractivity contribution in [3.63, 3.8) is 0 Å². The molecule has 184 valence electrons. The molecule has 2 rings (SSSR count). The maximum Gasteiger partial charge on any atom is 0.242 e. The molecule has 0 spiro atoms. The zero-order valence-electron chi connectivity index (χ0n) is 19.5. The summed E-state index contributed by atoms with van der Waals surface area (Å²) >= 11 is 0. The Hall–Kier alpha value is -3.82. The Labute approximate surface area is 200 Å². The van der Waals surface area contributed by atoms with E-state index >= 15 is 0 Å². The fraction of sp³-hybridized carbons (Fsp3) is 0.417. The Morgan fingerprint density at radius 2 is 1.53 bits per heavy atom. The number of fused-ring (bicyclic) bond motifs is 1. The quantitative estimate of drug-likeness (QED) is 0.133. The topological polar surface area (TPSA) is 187 Å². The molecule has 0 heterocycles. The summed E-state index contributed by atoms with van der Waals surface area (Å²) in [7, 11) is 0. The van der Waals surface area contributed by atoms with Crippen LogP contribution in [0.3, 0.4) is 0 Å². The maximum atomic E-state index is 12.8. The number of nitrogens with one attached hydrogen (secondary N) is 2. The highest BCUT2D eigenvalue weighted by atomic mass is 16.2. The third-order valence-electron chi connectivity index (χ3n) is 5.23. The van der Waals surface area contributed by atoms with E-state index in [0.717, 1.165) is 10.9 Å². The highest BCUT2D eigenvalue weighted by Gasteiger charge is 2.20. The number of carbonyl (C=O) groups is 2. The van der Waals surface area contributed by atoms with Gasteiger partial charge in [-0.3, -0.25) is 19.6 Å². The molecule has 0 aliphatic heterocycles. The van der Waals surface area contributed by atoms with Gasteiger partial charge in [-0.05, 0) is 48.4 Å². The van der Waals surface area contributed by atoms with Gasteiger partial charge in [-0.25, -0.2) is 0 Å². The zero-order valence-corrected chi connectivity index (χ0v) is 19.5. The Bertz CT molecular complexity index is 997. The summed E-state index contributed by atoms with van der Waals surface area (Å²) in [5, 5.41) is 8.11. The van der Waals surface area contributed by atoms with Crippen LogP contribution in [0.15, 0.2) is 52.4 Å². The fourth-order valence-corrected chi connectivity index (χ4v) is 3.49. The Morgan fingerprint density at radius 1 is 0.853 bits per heavy atom. The molecule has 0 aliphatic rings. The van der Waals surface area contributed by atoms with Gasteiger partial charge in [0.2, 0.25) is 11.8 Å². The van der Waals surface area contributed by atoms with E-state index in [1.54, 1.807) is 0 Å². The van der Waals surface area contributed by atoms with Crippen LogP contribution in [0.25, 0.3) is 10.8 Å². The number of carbonyl (C=O) groups excluding carboxylic acids is 2. The van der Waals surface area contributed by atoms with Crippen LogP contribution in [0.5, 0.6) is 0 Å². The summed E-state index contributed by atoms with van der Waals surface area (Å²) in [5.41, 5.74) is 22.4. The first-order chi connectivity index (χ1) is 16.3. The summed E-state index contributed by atoms with van der Waals surface area (Å²) < 4.78 is 0. The Kier molecular flexibility index (Phi) is 11.2. The van der Waals surface area contributed by atoms with Gasteiger partial charge in [-0.2, -0.15) is 0 Å². The predicted octanol–water partition coefficient (Wildman–Crippen LogP) is 0.481. The van der Waals surface area contributed by atoms with E-state index in [-0.39, 0.29) is 30.2 Å². The number of aliphatic imine (C=N–C) groups is 2. The molecule has 0 aromatic heterocycles. The van der Waals surface area contributed by atoms with Crippen LogP contribution in [-0.4, -0.2) is 49.4 Å². The lowest BCUT2D eigenvalue weighted by Gasteiger charge is -2.18. The molecular weight excluding hydrogens is 432 g/mol. The molecule has 0 unspecified atom stereocenters. The predicted molar refractivity (Wildman–Crippen MR) is 137 cm³/mol. The molecule has 2 aromatic carbocycles. The number of nitrogens with two attached hydrogens (primary N) is 4. The van der Waals surface area contributed by atoms with Crippen LogP contribution in [-0.2, 0) is 16.0 Å². The lowest BCUT2D eigenvalue weighted by molar-refractivity contribution is -0.129. The largest absolute Gasteiger partial charge is 0.370 e. The normalized spacial score (nSPS) is 11.4. The van der Waals surface area contributed by atoms with Crippen LogP contribution in [0, 0.1) is 0 Å². The summed E-state index contributed by atoms with van der Waals surface area (Å²) in [6.45, 7) is 1.32. The molecular formula is C24H36N8O2. The van der Waals surface area contributed by atoms with Gasteiger partial charge in [-0.15, -0.1) is 0 Å². The van der Waals surface area contributed by atoms with Gasteiger partial charge in [-0.1, -0.05) is 42.5 Å². The summed E-state index contributed by atoms with van der Waals surface area (Å²) in [5.74, 6) is -0.382. The fourth-order valence-electron chi connectivity index (χ4n) is 3.49. The van der Waals surface area contributed by atoms with Crippen molar-refractivity contribution < 1.29 is 9.59 Å². The van der Waals surface area contributed by atoms with Crippen LogP contribution in [0.2, 0.25) is 0 Å². The first kappa shape index (κ1) is 26.4. The molecule has 0 saturated heterocycles. The molecule has 0 bridgehead atoms. The van der Waals surface area contributed by atoms with Crippen molar-refractivity contribution in [1.29, 1.82) is 0 Å². The van der Waals surface area contributed by atoms with E-state index < -0.39 is 6.04 Å². The molecule has 0 fully saturated rings. The highest BCUT2D eigenvalue weighted by Crippen LogP contribution is 2.15. The monoisotopic (exact) mass is 468 g/mol. The van der Waals surface area contributed by atoms with Crippen molar-refractivity contribution in [2.75, 3.05) is 19.6 Å². The van der Waals surface area contributed by atoms with Crippen molar-refractivity contribution in [1.82, 2.24) is 10.6 Å². The zero-order chi connectivity index (χ0) is 24.8. The van der Waals surface area contributed by atoms with Crippen molar-refractivity contribution in [3.05, 3.63) is 48.0 Å². The van der Waals surface area contributed by atoms with Crippen LogP contribution < -0.4 is 33.6 Å². The van der Waals surface area contributed by atoms with Crippen LogP contribution >= 0.6 is 0 Å². The first-order valence-corrected chi connectivity index (χ1v) is 11.5. The van der Waals surface area contributed by atoms with Gasteiger partial charge >= 0.3 is 0 Å². The van der Waals surface area contributed by atoms with E-state index in [4.69, 9.17) is 22.9 Å². The highest BCUT2D eigenvalue weighted by molar-refractivity contribution is 5.87. The second-order valence-electron chi connectivity index (χ2n) is 8.06. The SMILES string of the molecule is NC(N)=NCCCCC(=O)N[C@@H](CCCN=C(N)N)C(=O)NCCc1ccc2ccccc2c1. The second kappa shape index (κ2) is 14.4. The van der Waals surface area contributed by atoms with Gasteiger partial charge in [0.25, 0.3) is 0 Å². The van der Waals surface area contributed by atoms with Crippen molar-refractivity contribution in [2.45, 2.75) is 44.6 Å². The third kappa shape index (κ3) is 10.2. The van der Waals surface area contributed by atoms with Crippen molar-refractivity contribution >= 4 is 34.5 Å². The number of benzene rings is 2.